The maximum absolute atomic E-state index is 11.4. The van der Waals surface area contributed by atoms with Crippen molar-refractivity contribution < 1.29 is 4.79 Å². The molecule has 0 radical (unpaired) electrons. The van der Waals surface area contributed by atoms with Crippen molar-refractivity contribution in [2.24, 2.45) is 0 Å². The van der Waals surface area contributed by atoms with Gasteiger partial charge >= 0.3 is 0 Å². The highest BCUT2D eigenvalue weighted by molar-refractivity contribution is 7.98. The first-order valence-electron chi connectivity index (χ1n) is 5.29. The fourth-order valence-corrected chi connectivity index (χ4v) is 1.75. The van der Waals surface area contributed by atoms with Crippen molar-refractivity contribution in [1.82, 2.24) is 5.32 Å². The molecule has 1 amide bonds. The molecule has 0 aliphatic carbocycles. The number of thioether (sulfide) groups is 1. The van der Waals surface area contributed by atoms with Gasteiger partial charge in [0.15, 0.2) is 0 Å². The molecule has 0 aromatic heterocycles. The van der Waals surface area contributed by atoms with E-state index in [0.29, 0.717) is 6.54 Å². The van der Waals surface area contributed by atoms with Crippen LogP contribution in [0.4, 0.5) is 5.69 Å². The third-order valence-corrected chi connectivity index (χ3v) is 2.70. The van der Waals surface area contributed by atoms with Crippen LogP contribution in [0.1, 0.15) is 13.8 Å². The van der Waals surface area contributed by atoms with Gasteiger partial charge in [-0.2, -0.15) is 0 Å². The molecule has 2 N–H and O–H groups in total. The SMILES string of the molecule is CSc1cccc(NCC(=O)NC(C)C)c1. The quantitative estimate of drug-likeness (QED) is 0.774. The molecule has 1 rings (SSSR count). The number of hydrogen-bond donors (Lipinski definition) is 2. The number of anilines is 1. The summed E-state index contributed by atoms with van der Waals surface area (Å²) in [6.45, 7) is 4.22. The van der Waals surface area contributed by atoms with Crippen molar-refractivity contribution in [1.29, 1.82) is 0 Å². The van der Waals surface area contributed by atoms with E-state index in [1.807, 2.05) is 44.4 Å². The predicted octanol–water partition coefficient (Wildman–Crippen LogP) is 2.35. The minimum atomic E-state index is 0.0181. The summed E-state index contributed by atoms with van der Waals surface area (Å²) in [7, 11) is 0. The third-order valence-electron chi connectivity index (χ3n) is 1.97. The van der Waals surface area contributed by atoms with Gasteiger partial charge in [0.05, 0.1) is 6.54 Å². The fraction of sp³-hybridized carbons (Fsp3) is 0.417. The largest absolute Gasteiger partial charge is 0.376 e. The van der Waals surface area contributed by atoms with Crippen molar-refractivity contribution in [3.8, 4) is 0 Å². The summed E-state index contributed by atoms with van der Waals surface area (Å²) in [6, 6.07) is 8.21. The molecule has 0 spiro atoms. The second kappa shape index (κ2) is 6.43. The van der Waals surface area contributed by atoms with E-state index in [1.165, 1.54) is 4.90 Å². The zero-order valence-corrected chi connectivity index (χ0v) is 10.7. The van der Waals surface area contributed by atoms with Gasteiger partial charge in [0.1, 0.15) is 0 Å². The average molecular weight is 238 g/mol. The van der Waals surface area contributed by atoms with E-state index in [0.717, 1.165) is 5.69 Å². The minimum absolute atomic E-state index is 0.0181. The maximum Gasteiger partial charge on any atom is 0.239 e. The number of carbonyl (C=O) groups excluding carboxylic acids is 1. The summed E-state index contributed by atoms with van der Waals surface area (Å²) in [4.78, 5) is 12.6. The summed E-state index contributed by atoms with van der Waals surface area (Å²) >= 11 is 1.69. The zero-order valence-electron chi connectivity index (χ0n) is 9.91. The van der Waals surface area contributed by atoms with Crippen LogP contribution in [0, 0.1) is 0 Å². The molecule has 0 aliphatic rings. The van der Waals surface area contributed by atoms with E-state index >= 15 is 0 Å². The molecule has 4 heteroatoms. The van der Waals surface area contributed by atoms with Crippen molar-refractivity contribution in [2.75, 3.05) is 18.1 Å². The summed E-state index contributed by atoms with van der Waals surface area (Å²) in [5.74, 6) is 0.0181. The summed E-state index contributed by atoms with van der Waals surface area (Å²) in [6.07, 6.45) is 2.03. The second-order valence-electron chi connectivity index (χ2n) is 3.81. The van der Waals surface area contributed by atoms with Crippen LogP contribution in [0.15, 0.2) is 29.2 Å². The van der Waals surface area contributed by atoms with Crippen LogP contribution >= 0.6 is 11.8 Å². The van der Waals surface area contributed by atoms with Gasteiger partial charge in [0.2, 0.25) is 5.91 Å². The fourth-order valence-electron chi connectivity index (χ4n) is 1.29. The van der Waals surface area contributed by atoms with E-state index in [2.05, 4.69) is 10.6 Å². The normalized spacial score (nSPS) is 10.2. The van der Waals surface area contributed by atoms with Gasteiger partial charge in [-0.1, -0.05) is 6.07 Å². The van der Waals surface area contributed by atoms with Crippen LogP contribution in [0.3, 0.4) is 0 Å². The first-order chi connectivity index (χ1) is 7.61. The lowest BCUT2D eigenvalue weighted by molar-refractivity contribution is -0.119. The standard InChI is InChI=1S/C12H18N2OS/c1-9(2)14-12(15)8-13-10-5-4-6-11(7-10)16-3/h4-7,9,13H,8H2,1-3H3,(H,14,15). The number of rotatable bonds is 5. The van der Waals surface area contributed by atoms with Crippen LogP contribution in [0.2, 0.25) is 0 Å². The molecular formula is C12H18N2OS. The first-order valence-corrected chi connectivity index (χ1v) is 6.51. The number of benzene rings is 1. The Morgan fingerprint density at radius 1 is 1.44 bits per heavy atom. The Hall–Kier alpha value is -1.16. The number of nitrogens with one attached hydrogen (secondary N) is 2. The predicted molar refractivity (Wildman–Crippen MR) is 70.0 cm³/mol. The van der Waals surface area contributed by atoms with Crippen LogP contribution < -0.4 is 10.6 Å². The Morgan fingerprint density at radius 2 is 2.19 bits per heavy atom. The van der Waals surface area contributed by atoms with Gasteiger partial charge in [-0.15, -0.1) is 11.8 Å². The van der Waals surface area contributed by atoms with Crippen LogP contribution in [-0.2, 0) is 4.79 Å². The molecule has 0 saturated carbocycles. The maximum atomic E-state index is 11.4. The molecule has 0 saturated heterocycles. The van der Waals surface area contributed by atoms with E-state index in [1.54, 1.807) is 11.8 Å². The van der Waals surface area contributed by atoms with Crippen LogP contribution in [-0.4, -0.2) is 24.7 Å². The molecular weight excluding hydrogens is 220 g/mol. The van der Waals surface area contributed by atoms with E-state index in [4.69, 9.17) is 0 Å². The number of hydrogen-bond acceptors (Lipinski definition) is 3. The first kappa shape index (κ1) is 12.9. The molecule has 3 nitrogen and oxygen atoms in total. The minimum Gasteiger partial charge on any atom is -0.376 e. The van der Waals surface area contributed by atoms with Gasteiger partial charge in [-0.25, -0.2) is 0 Å². The lowest BCUT2D eigenvalue weighted by Gasteiger charge is -2.10. The topological polar surface area (TPSA) is 41.1 Å². The lowest BCUT2D eigenvalue weighted by atomic mass is 10.3. The van der Waals surface area contributed by atoms with E-state index < -0.39 is 0 Å². The molecule has 0 atom stereocenters. The van der Waals surface area contributed by atoms with Gasteiger partial charge in [-0.3, -0.25) is 4.79 Å². The highest BCUT2D eigenvalue weighted by Crippen LogP contribution is 2.18. The Morgan fingerprint density at radius 3 is 2.81 bits per heavy atom. The summed E-state index contributed by atoms with van der Waals surface area (Å²) < 4.78 is 0. The van der Waals surface area contributed by atoms with Crippen molar-refractivity contribution in [3.05, 3.63) is 24.3 Å². The molecule has 0 heterocycles. The molecule has 0 unspecified atom stereocenters. The van der Waals surface area contributed by atoms with Crippen LogP contribution in [0.25, 0.3) is 0 Å². The molecule has 1 aromatic rings. The second-order valence-corrected chi connectivity index (χ2v) is 4.69. The van der Waals surface area contributed by atoms with Crippen LogP contribution in [0.5, 0.6) is 0 Å². The molecule has 88 valence electrons. The number of amides is 1. The highest BCUT2D eigenvalue weighted by Gasteiger charge is 2.02. The van der Waals surface area contributed by atoms with Crippen molar-refractivity contribution in [2.45, 2.75) is 24.8 Å². The van der Waals surface area contributed by atoms with Crippen molar-refractivity contribution >= 4 is 23.4 Å². The lowest BCUT2D eigenvalue weighted by Crippen LogP contribution is -2.34. The van der Waals surface area contributed by atoms with Gasteiger partial charge in [0.25, 0.3) is 0 Å². The van der Waals surface area contributed by atoms with Gasteiger partial charge in [-0.05, 0) is 38.3 Å². The number of carbonyl (C=O) groups is 1. The Bertz CT molecular complexity index is 353. The highest BCUT2D eigenvalue weighted by atomic mass is 32.2. The van der Waals surface area contributed by atoms with Gasteiger partial charge < -0.3 is 10.6 Å². The third kappa shape index (κ3) is 4.57. The molecule has 16 heavy (non-hydrogen) atoms. The van der Waals surface area contributed by atoms with Gasteiger partial charge in [0, 0.05) is 16.6 Å². The molecule has 0 aliphatic heterocycles. The van der Waals surface area contributed by atoms with E-state index in [9.17, 15) is 4.79 Å². The molecule has 0 fully saturated rings. The molecule has 1 aromatic carbocycles. The van der Waals surface area contributed by atoms with E-state index in [-0.39, 0.29) is 11.9 Å². The average Bonchev–Trinajstić information content (AvgIpc) is 2.26. The van der Waals surface area contributed by atoms with Crippen molar-refractivity contribution in [3.63, 3.8) is 0 Å². The Balaban J connectivity index is 2.45. The zero-order chi connectivity index (χ0) is 12.0. The Kier molecular flexibility index (Phi) is 5.19. The summed E-state index contributed by atoms with van der Waals surface area (Å²) in [5.41, 5.74) is 0.978. The summed E-state index contributed by atoms with van der Waals surface area (Å²) in [5, 5.41) is 5.93. The monoisotopic (exact) mass is 238 g/mol. The molecule has 0 bridgehead atoms. The smallest absolute Gasteiger partial charge is 0.239 e. The Labute approximate surface area is 101 Å².